The molecule has 0 radical (unpaired) electrons. The molecule has 1 aromatic carbocycles. The molecule has 3 rings (SSSR count). The van der Waals surface area contributed by atoms with E-state index in [-0.39, 0.29) is 36.9 Å². The Morgan fingerprint density at radius 1 is 1.29 bits per heavy atom. The zero-order valence-corrected chi connectivity index (χ0v) is 17.6. The van der Waals surface area contributed by atoms with Crippen LogP contribution in [0.15, 0.2) is 48.8 Å². The Morgan fingerprint density at radius 2 is 2.07 bits per heavy atom. The standard InChI is InChI=1S/C20H26N4O2.2ClH/c1-2-26-19-9-6-17(7-10-19)23-20(25)24-13-12-22-15-18(24)8-5-16-4-3-11-21-14-16;;/h3-4,6-7,9-11,14,18,22H,2,5,8,12-13,15H2,1H3,(H,23,25);2*1H. The molecule has 6 nitrogen and oxygen atoms in total. The molecule has 2 aromatic rings. The highest BCUT2D eigenvalue weighted by molar-refractivity contribution is 5.89. The molecule has 154 valence electrons. The van der Waals surface area contributed by atoms with Gasteiger partial charge in [0.1, 0.15) is 5.75 Å². The average Bonchev–Trinajstić information content (AvgIpc) is 2.69. The average molecular weight is 427 g/mol. The Bertz CT molecular complexity index is 701. The lowest BCUT2D eigenvalue weighted by molar-refractivity contribution is 0.166. The molecule has 0 aliphatic carbocycles. The molecule has 1 aromatic heterocycles. The normalized spacial score (nSPS) is 15.8. The number of hydrogen-bond acceptors (Lipinski definition) is 4. The highest BCUT2D eigenvalue weighted by Crippen LogP contribution is 2.18. The van der Waals surface area contributed by atoms with Gasteiger partial charge in [0, 0.05) is 43.8 Å². The van der Waals surface area contributed by atoms with Crippen molar-refractivity contribution >= 4 is 36.5 Å². The number of ether oxygens (including phenoxy) is 1. The third-order valence-electron chi connectivity index (χ3n) is 4.52. The van der Waals surface area contributed by atoms with E-state index in [4.69, 9.17) is 4.74 Å². The first-order valence-electron chi connectivity index (χ1n) is 9.16. The first-order chi connectivity index (χ1) is 12.8. The van der Waals surface area contributed by atoms with Gasteiger partial charge < -0.3 is 20.3 Å². The number of nitrogens with one attached hydrogen (secondary N) is 2. The summed E-state index contributed by atoms with van der Waals surface area (Å²) in [6.07, 6.45) is 5.49. The van der Waals surface area contributed by atoms with Crippen LogP contribution >= 0.6 is 24.8 Å². The number of carbonyl (C=O) groups excluding carboxylic acids is 1. The maximum Gasteiger partial charge on any atom is 0.322 e. The van der Waals surface area contributed by atoms with Crippen molar-refractivity contribution in [1.82, 2.24) is 15.2 Å². The molecular weight excluding hydrogens is 399 g/mol. The van der Waals surface area contributed by atoms with Crippen molar-refractivity contribution in [2.24, 2.45) is 0 Å². The first kappa shape index (κ1) is 24.0. The lowest BCUT2D eigenvalue weighted by Gasteiger charge is -2.36. The molecule has 2 N–H and O–H groups in total. The SMILES string of the molecule is CCOc1ccc(NC(=O)N2CCNCC2CCc2cccnc2)cc1.Cl.Cl. The summed E-state index contributed by atoms with van der Waals surface area (Å²) in [6.45, 7) is 4.93. The number of halogens is 2. The summed E-state index contributed by atoms with van der Waals surface area (Å²) in [5.74, 6) is 0.807. The fourth-order valence-corrected chi connectivity index (χ4v) is 3.16. The summed E-state index contributed by atoms with van der Waals surface area (Å²) in [6, 6.07) is 11.6. The van der Waals surface area contributed by atoms with E-state index in [9.17, 15) is 4.79 Å². The number of benzene rings is 1. The fraction of sp³-hybridized carbons (Fsp3) is 0.400. The zero-order chi connectivity index (χ0) is 18.2. The van der Waals surface area contributed by atoms with Gasteiger partial charge in [-0.1, -0.05) is 6.07 Å². The third kappa shape index (κ3) is 6.86. The second kappa shape index (κ2) is 12.4. The van der Waals surface area contributed by atoms with Gasteiger partial charge in [-0.3, -0.25) is 4.98 Å². The largest absolute Gasteiger partial charge is 0.494 e. The van der Waals surface area contributed by atoms with E-state index in [1.807, 2.05) is 48.4 Å². The van der Waals surface area contributed by atoms with E-state index < -0.39 is 0 Å². The Hall–Kier alpha value is -2.02. The van der Waals surface area contributed by atoms with Gasteiger partial charge in [0.2, 0.25) is 0 Å². The number of hydrogen-bond donors (Lipinski definition) is 2. The minimum atomic E-state index is -0.0492. The van der Waals surface area contributed by atoms with Crippen molar-refractivity contribution in [1.29, 1.82) is 0 Å². The van der Waals surface area contributed by atoms with Gasteiger partial charge in [0.05, 0.1) is 6.61 Å². The molecule has 8 heteroatoms. The molecule has 0 bridgehead atoms. The lowest BCUT2D eigenvalue weighted by atomic mass is 10.0. The van der Waals surface area contributed by atoms with Crippen LogP contribution in [0.25, 0.3) is 0 Å². The number of rotatable bonds is 6. The van der Waals surface area contributed by atoms with E-state index in [1.54, 1.807) is 6.20 Å². The zero-order valence-electron chi connectivity index (χ0n) is 16.0. The van der Waals surface area contributed by atoms with Gasteiger partial charge >= 0.3 is 6.03 Å². The molecule has 1 fully saturated rings. The van der Waals surface area contributed by atoms with Gasteiger partial charge in [-0.2, -0.15) is 0 Å². The van der Waals surface area contributed by atoms with Gasteiger partial charge in [-0.25, -0.2) is 4.79 Å². The van der Waals surface area contributed by atoms with Crippen LogP contribution in [-0.4, -0.2) is 48.2 Å². The smallest absolute Gasteiger partial charge is 0.322 e. The molecule has 2 amide bonds. The third-order valence-corrected chi connectivity index (χ3v) is 4.52. The quantitative estimate of drug-likeness (QED) is 0.737. The van der Waals surface area contributed by atoms with E-state index in [1.165, 1.54) is 5.56 Å². The summed E-state index contributed by atoms with van der Waals surface area (Å²) in [7, 11) is 0. The minimum Gasteiger partial charge on any atom is -0.494 e. The van der Waals surface area contributed by atoms with Gasteiger partial charge in [-0.15, -0.1) is 24.8 Å². The van der Waals surface area contributed by atoms with Gasteiger partial charge in [0.15, 0.2) is 0 Å². The molecular formula is C20H28Cl2N4O2. The monoisotopic (exact) mass is 426 g/mol. The number of urea groups is 1. The van der Waals surface area contributed by atoms with Gasteiger partial charge in [-0.05, 0) is 55.7 Å². The molecule has 0 saturated carbocycles. The van der Waals surface area contributed by atoms with Crippen molar-refractivity contribution in [2.75, 3.05) is 31.6 Å². The van der Waals surface area contributed by atoms with Crippen molar-refractivity contribution in [3.63, 3.8) is 0 Å². The predicted octanol–water partition coefficient (Wildman–Crippen LogP) is 3.76. The summed E-state index contributed by atoms with van der Waals surface area (Å²) >= 11 is 0. The van der Waals surface area contributed by atoms with Crippen molar-refractivity contribution in [3.8, 4) is 5.75 Å². The van der Waals surface area contributed by atoms with Crippen LogP contribution < -0.4 is 15.4 Å². The van der Waals surface area contributed by atoms with Crippen LogP contribution in [0.4, 0.5) is 10.5 Å². The molecule has 0 spiro atoms. The summed E-state index contributed by atoms with van der Waals surface area (Å²) in [4.78, 5) is 18.8. The minimum absolute atomic E-state index is 0. The van der Waals surface area contributed by atoms with Crippen LogP contribution in [0.2, 0.25) is 0 Å². The molecule has 2 heterocycles. The molecule has 1 atom stereocenters. The second-order valence-electron chi connectivity index (χ2n) is 6.34. The maximum atomic E-state index is 12.7. The highest BCUT2D eigenvalue weighted by atomic mass is 35.5. The molecule has 1 saturated heterocycles. The second-order valence-corrected chi connectivity index (χ2v) is 6.34. The first-order valence-corrected chi connectivity index (χ1v) is 9.16. The maximum absolute atomic E-state index is 12.7. The van der Waals surface area contributed by atoms with Crippen molar-refractivity contribution in [3.05, 3.63) is 54.4 Å². The topological polar surface area (TPSA) is 66.5 Å². The number of aryl methyl sites for hydroxylation is 1. The van der Waals surface area contributed by atoms with E-state index in [0.717, 1.165) is 37.4 Å². The number of pyridine rings is 1. The summed E-state index contributed by atoms with van der Waals surface area (Å²) in [5.41, 5.74) is 1.98. The number of amides is 2. The molecule has 1 unspecified atom stereocenters. The van der Waals surface area contributed by atoms with Crippen LogP contribution in [0.3, 0.4) is 0 Å². The van der Waals surface area contributed by atoms with Crippen molar-refractivity contribution < 1.29 is 9.53 Å². The molecule has 28 heavy (non-hydrogen) atoms. The van der Waals surface area contributed by atoms with Crippen LogP contribution in [0, 0.1) is 0 Å². The Balaban J connectivity index is 0.00000196. The molecule has 1 aliphatic heterocycles. The number of nitrogens with zero attached hydrogens (tertiary/aromatic N) is 2. The van der Waals surface area contributed by atoms with Crippen LogP contribution in [-0.2, 0) is 6.42 Å². The number of carbonyl (C=O) groups is 1. The van der Waals surface area contributed by atoms with E-state index in [0.29, 0.717) is 13.2 Å². The number of anilines is 1. The van der Waals surface area contributed by atoms with Crippen molar-refractivity contribution in [2.45, 2.75) is 25.8 Å². The Labute approximate surface area is 178 Å². The van der Waals surface area contributed by atoms with Crippen LogP contribution in [0.5, 0.6) is 5.75 Å². The van der Waals surface area contributed by atoms with Crippen LogP contribution in [0.1, 0.15) is 18.9 Å². The fourth-order valence-electron chi connectivity index (χ4n) is 3.16. The molecule has 1 aliphatic rings. The Kier molecular flexibility index (Phi) is 10.7. The van der Waals surface area contributed by atoms with Gasteiger partial charge in [0.25, 0.3) is 0 Å². The van der Waals surface area contributed by atoms with E-state index in [2.05, 4.69) is 21.7 Å². The van der Waals surface area contributed by atoms with E-state index >= 15 is 0 Å². The highest BCUT2D eigenvalue weighted by Gasteiger charge is 2.26. The number of aromatic nitrogens is 1. The predicted molar refractivity (Wildman–Crippen MR) is 117 cm³/mol. The summed E-state index contributed by atoms with van der Waals surface area (Å²) < 4.78 is 5.44. The number of piperazine rings is 1. The lowest BCUT2D eigenvalue weighted by Crippen LogP contribution is -2.55. The summed E-state index contributed by atoms with van der Waals surface area (Å²) in [5, 5.41) is 6.39. The Morgan fingerprint density at radius 3 is 2.75 bits per heavy atom.